The van der Waals surface area contributed by atoms with Crippen LogP contribution in [-0.2, 0) is 17.1 Å². The molecule has 0 heterocycles. The largest absolute Gasteiger partial charge is 0.508 e. The van der Waals surface area contributed by atoms with Crippen LogP contribution < -0.4 is 0 Å². The minimum atomic E-state index is -2.84. The van der Waals surface area contributed by atoms with Crippen molar-refractivity contribution in [1.29, 1.82) is 0 Å². The molecule has 0 saturated carbocycles. The van der Waals surface area contributed by atoms with Gasteiger partial charge in [-0.25, -0.2) is 8.42 Å². The van der Waals surface area contributed by atoms with E-state index >= 15 is 0 Å². The van der Waals surface area contributed by atoms with Gasteiger partial charge >= 0.3 is 0 Å². The highest BCUT2D eigenvalue weighted by Crippen LogP contribution is 2.22. The lowest BCUT2D eigenvalue weighted by molar-refractivity contribution is 0.446. The molecule has 120 valence electrons. The molecule has 0 spiro atoms. The van der Waals surface area contributed by atoms with Crippen LogP contribution >= 0.6 is 0 Å². The van der Waals surface area contributed by atoms with Crippen molar-refractivity contribution in [2.75, 3.05) is 0 Å². The number of hydrogen-bond donors (Lipinski definition) is 3. The van der Waals surface area contributed by atoms with Gasteiger partial charge in [-0.2, -0.15) is 0 Å². The SMILES string of the molecule is CCCCCc1ccccc1.O=[SH](=O)c1cc(O)ccc1O. The Morgan fingerprint density at radius 2 is 1.64 bits per heavy atom. The van der Waals surface area contributed by atoms with Crippen molar-refractivity contribution < 1.29 is 18.6 Å². The average molecular weight is 322 g/mol. The maximum atomic E-state index is 10.3. The smallest absolute Gasteiger partial charge is 0.172 e. The van der Waals surface area contributed by atoms with Gasteiger partial charge in [-0.1, -0.05) is 50.1 Å². The average Bonchev–Trinajstić information content (AvgIpc) is 2.51. The summed E-state index contributed by atoms with van der Waals surface area (Å²) < 4.78 is 20.7. The van der Waals surface area contributed by atoms with E-state index in [0.29, 0.717) is 0 Å². The summed E-state index contributed by atoms with van der Waals surface area (Å²) in [6.45, 7) is 2.24. The van der Waals surface area contributed by atoms with Crippen LogP contribution in [0.3, 0.4) is 0 Å². The van der Waals surface area contributed by atoms with Crippen molar-refractivity contribution in [3.63, 3.8) is 0 Å². The molecular formula is C17H22O4S. The van der Waals surface area contributed by atoms with Crippen LogP contribution in [0, 0.1) is 0 Å². The van der Waals surface area contributed by atoms with Crippen molar-refractivity contribution in [2.45, 2.75) is 37.5 Å². The molecule has 5 heteroatoms. The molecular weight excluding hydrogens is 300 g/mol. The first-order valence-electron chi connectivity index (χ1n) is 7.25. The van der Waals surface area contributed by atoms with Crippen molar-refractivity contribution in [3.8, 4) is 11.5 Å². The molecule has 0 amide bonds. The van der Waals surface area contributed by atoms with Crippen molar-refractivity contribution in [2.24, 2.45) is 0 Å². The second-order valence-corrected chi connectivity index (χ2v) is 5.87. The van der Waals surface area contributed by atoms with E-state index in [2.05, 4.69) is 37.3 Å². The number of rotatable bonds is 5. The summed E-state index contributed by atoms with van der Waals surface area (Å²) in [6.07, 6.45) is 5.25. The van der Waals surface area contributed by atoms with E-state index in [1.807, 2.05) is 0 Å². The van der Waals surface area contributed by atoms with Gasteiger partial charge in [0.15, 0.2) is 10.7 Å². The molecule has 0 aliphatic carbocycles. The zero-order chi connectivity index (χ0) is 16.4. The molecule has 0 aliphatic rings. The first kappa shape index (κ1) is 18.0. The third-order valence-electron chi connectivity index (χ3n) is 3.07. The number of unbranched alkanes of at least 4 members (excludes halogenated alkanes) is 2. The molecule has 22 heavy (non-hydrogen) atoms. The molecule has 4 nitrogen and oxygen atoms in total. The van der Waals surface area contributed by atoms with E-state index in [1.165, 1.54) is 37.3 Å². The second-order valence-electron chi connectivity index (χ2n) is 4.87. The van der Waals surface area contributed by atoms with Crippen LogP contribution in [0.15, 0.2) is 53.4 Å². The third-order valence-corrected chi connectivity index (χ3v) is 3.82. The molecule has 0 radical (unpaired) electrons. The molecule has 0 saturated heterocycles. The van der Waals surface area contributed by atoms with E-state index < -0.39 is 10.7 Å². The fraction of sp³-hybridized carbons (Fsp3) is 0.294. The number of aryl methyl sites for hydroxylation is 1. The Hall–Kier alpha value is -2.01. The molecule has 0 bridgehead atoms. The van der Waals surface area contributed by atoms with Crippen LogP contribution in [0.2, 0.25) is 0 Å². The van der Waals surface area contributed by atoms with Gasteiger partial charge in [-0.05, 0) is 30.5 Å². The highest BCUT2D eigenvalue weighted by molar-refractivity contribution is 7.72. The normalized spacial score (nSPS) is 10.1. The molecule has 0 aliphatic heterocycles. The number of phenolic OH excluding ortho intramolecular Hbond substituents is 2. The Kier molecular flexibility index (Phi) is 8.07. The summed E-state index contributed by atoms with van der Waals surface area (Å²) in [6, 6.07) is 14.0. The third kappa shape index (κ3) is 6.63. The zero-order valence-corrected chi connectivity index (χ0v) is 13.5. The van der Waals surface area contributed by atoms with Gasteiger partial charge in [-0.15, -0.1) is 0 Å². The molecule has 2 aromatic rings. The fourth-order valence-electron chi connectivity index (χ4n) is 1.88. The zero-order valence-electron chi connectivity index (χ0n) is 12.6. The Morgan fingerprint density at radius 1 is 0.955 bits per heavy atom. The Labute approximate surface area is 133 Å². The van der Waals surface area contributed by atoms with Gasteiger partial charge in [0.25, 0.3) is 0 Å². The number of phenols is 2. The van der Waals surface area contributed by atoms with E-state index in [1.54, 1.807) is 0 Å². The van der Waals surface area contributed by atoms with Crippen molar-refractivity contribution in [1.82, 2.24) is 0 Å². The lowest BCUT2D eigenvalue weighted by Crippen LogP contribution is -1.83. The van der Waals surface area contributed by atoms with Gasteiger partial charge in [0, 0.05) is 6.07 Å². The second kappa shape index (κ2) is 9.84. The van der Waals surface area contributed by atoms with Crippen LogP contribution in [0.25, 0.3) is 0 Å². The van der Waals surface area contributed by atoms with Gasteiger partial charge in [0.05, 0.1) is 0 Å². The van der Waals surface area contributed by atoms with Crippen molar-refractivity contribution in [3.05, 3.63) is 54.1 Å². The maximum absolute atomic E-state index is 10.3. The Balaban J connectivity index is 0.000000220. The standard InChI is InChI=1S/C11H16.C6H6O4S/c1-2-3-5-8-11-9-6-4-7-10-11;7-4-1-2-5(8)6(3-4)11(9)10/h4,6-7,9-10H,2-3,5,8H2,1H3;1-3,7-8,11H. The number of aromatic hydroxyl groups is 2. The monoisotopic (exact) mass is 322 g/mol. The summed E-state index contributed by atoms with van der Waals surface area (Å²) in [5, 5.41) is 17.7. The van der Waals surface area contributed by atoms with Crippen molar-refractivity contribution >= 4 is 10.7 Å². The van der Waals surface area contributed by atoms with E-state index in [4.69, 9.17) is 10.2 Å². The minimum Gasteiger partial charge on any atom is -0.508 e. The number of benzene rings is 2. The summed E-state index contributed by atoms with van der Waals surface area (Å²) in [7, 11) is -2.84. The van der Waals surface area contributed by atoms with Gasteiger partial charge in [0.2, 0.25) is 0 Å². The number of hydrogen-bond acceptors (Lipinski definition) is 4. The summed E-state index contributed by atoms with van der Waals surface area (Å²) in [4.78, 5) is -0.264. The van der Waals surface area contributed by atoms with Crippen LogP contribution in [0.5, 0.6) is 11.5 Å². The Bertz CT molecular complexity index is 628. The first-order valence-corrected chi connectivity index (χ1v) is 8.42. The van der Waals surface area contributed by atoms with Gasteiger partial charge < -0.3 is 10.2 Å². The first-order chi connectivity index (χ1) is 10.5. The lowest BCUT2D eigenvalue weighted by Gasteiger charge is -1.98. The fourth-order valence-corrected chi connectivity index (χ4v) is 2.38. The van der Waals surface area contributed by atoms with Crippen LogP contribution in [0.4, 0.5) is 0 Å². The maximum Gasteiger partial charge on any atom is 0.172 e. The molecule has 0 unspecified atom stereocenters. The molecule has 2 rings (SSSR count). The Morgan fingerprint density at radius 3 is 2.18 bits per heavy atom. The highest BCUT2D eigenvalue weighted by Gasteiger charge is 2.03. The summed E-state index contributed by atoms with van der Waals surface area (Å²) in [5.41, 5.74) is 1.47. The lowest BCUT2D eigenvalue weighted by atomic mass is 10.1. The predicted molar refractivity (Wildman–Crippen MR) is 88.0 cm³/mol. The summed E-state index contributed by atoms with van der Waals surface area (Å²) >= 11 is 0. The van der Waals surface area contributed by atoms with Crippen LogP contribution in [-0.4, -0.2) is 18.6 Å². The topological polar surface area (TPSA) is 74.6 Å². The predicted octanol–water partition coefficient (Wildman–Crippen LogP) is 3.49. The van der Waals surface area contributed by atoms with E-state index in [0.717, 1.165) is 12.1 Å². The minimum absolute atomic E-state index is 0.183. The van der Waals surface area contributed by atoms with Gasteiger partial charge in [0.1, 0.15) is 16.4 Å². The van der Waals surface area contributed by atoms with E-state index in [9.17, 15) is 8.42 Å². The number of thiol groups is 1. The molecule has 0 fully saturated rings. The summed E-state index contributed by atoms with van der Waals surface area (Å²) in [5.74, 6) is -0.532. The van der Waals surface area contributed by atoms with Crippen LogP contribution in [0.1, 0.15) is 31.7 Å². The molecule has 0 atom stereocenters. The molecule has 0 aromatic heterocycles. The van der Waals surface area contributed by atoms with Gasteiger partial charge in [-0.3, -0.25) is 0 Å². The highest BCUT2D eigenvalue weighted by atomic mass is 32.2. The van der Waals surface area contributed by atoms with E-state index in [-0.39, 0.29) is 16.4 Å². The molecule has 2 N–H and O–H groups in total. The quantitative estimate of drug-likeness (QED) is 0.447. The molecule has 2 aromatic carbocycles.